The molecule has 0 bridgehead atoms. The fourth-order valence-electron chi connectivity index (χ4n) is 3.94. The first-order valence-corrected chi connectivity index (χ1v) is 12.9. The van der Waals surface area contributed by atoms with E-state index in [1.165, 1.54) is 7.11 Å². The van der Waals surface area contributed by atoms with Crippen molar-refractivity contribution in [3.63, 3.8) is 0 Å². The predicted molar refractivity (Wildman–Crippen MR) is 140 cm³/mol. The van der Waals surface area contributed by atoms with Crippen molar-refractivity contribution in [1.82, 2.24) is 9.97 Å². The number of carbonyl (C=O) groups is 2. The van der Waals surface area contributed by atoms with Gasteiger partial charge in [0.05, 0.1) is 17.7 Å². The third-order valence-corrected chi connectivity index (χ3v) is 6.55. The van der Waals surface area contributed by atoms with Crippen molar-refractivity contribution in [2.75, 3.05) is 23.1 Å². The lowest BCUT2D eigenvalue weighted by Crippen LogP contribution is -2.28. The summed E-state index contributed by atoms with van der Waals surface area (Å²) >= 11 is 3.50. The van der Waals surface area contributed by atoms with E-state index in [0.29, 0.717) is 18.8 Å². The van der Waals surface area contributed by atoms with E-state index in [-0.39, 0.29) is 24.0 Å². The predicted octanol–water partition coefficient (Wildman–Crippen LogP) is 5.15. The highest BCUT2D eigenvalue weighted by atomic mass is 79.9. The maximum absolute atomic E-state index is 12.2. The van der Waals surface area contributed by atoms with E-state index in [9.17, 15) is 14.7 Å². The lowest BCUT2D eigenvalue weighted by Gasteiger charge is -2.27. The van der Waals surface area contributed by atoms with Gasteiger partial charge in [0.2, 0.25) is 11.9 Å². The SMILES string of the molecule is COC(=O)CCCCCCC(=O)Nc1ccc(Nc2ncc(Br)c(NC3CCC(O)CC3)n2)cc1. The molecular formula is C25H34BrN5O4. The topological polar surface area (TPSA) is 125 Å². The quantitative estimate of drug-likeness (QED) is 0.212. The number of amides is 1. The summed E-state index contributed by atoms with van der Waals surface area (Å²) in [5.74, 6) is 0.972. The largest absolute Gasteiger partial charge is 0.469 e. The zero-order valence-corrected chi connectivity index (χ0v) is 21.6. The highest BCUT2D eigenvalue weighted by molar-refractivity contribution is 9.10. The number of nitrogens with zero attached hydrogens (tertiary/aromatic N) is 2. The maximum atomic E-state index is 12.2. The Balaban J connectivity index is 1.42. The molecule has 0 saturated heterocycles. The summed E-state index contributed by atoms with van der Waals surface area (Å²) in [6.45, 7) is 0. The van der Waals surface area contributed by atoms with E-state index in [4.69, 9.17) is 0 Å². The van der Waals surface area contributed by atoms with Crippen LogP contribution in [0.1, 0.15) is 64.2 Å². The second kappa shape index (κ2) is 14.0. The molecule has 1 aliphatic rings. The van der Waals surface area contributed by atoms with Crippen molar-refractivity contribution < 1.29 is 19.4 Å². The van der Waals surface area contributed by atoms with Gasteiger partial charge in [0.25, 0.3) is 0 Å². The van der Waals surface area contributed by atoms with Crippen molar-refractivity contribution in [1.29, 1.82) is 0 Å². The molecule has 1 heterocycles. The molecule has 0 spiro atoms. The maximum Gasteiger partial charge on any atom is 0.305 e. The highest BCUT2D eigenvalue weighted by Crippen LogP contribution is 2.27. The van der Waals surface area contributed by atoms with Crippen LogP contribution in [0.4, 0.5) is 23.1 Å². The number of nitrogens with one attached hydrogen (secondary N) is 3. The van der Waals surface area contributed by atoms with Gasteiger partial charge in [0.15, 0.2) is 0 Å². The third kappa shape index (κ3) is 9.45. The Hall–Kier alpha value is -2.72. The number of aliphatic hydroxyl groups excluding tert-OH is 1. The Morgan fingerprint density at radius 2 is 1.69 bits per heavy atom. The lowest BCUT2D eigenvalue weighted by molar-refractivity contribution is -0.140. The Morgan fingerprint density at radius 3 is 2.37 bits per heavy atom. The molecule has 35 heavy (non-hydrogen) atoms. The first-order chi connectivity index (χ1) is 16.9. The summed E-state index contributed by atoms with van der Waals surface area (Å²) in [6, 6.07) is 7.68. The Labute approximate surface area is 214 Å². The number of unbranched alkanes of at least 4 members (excludes halogenated alkanes) is 3. The van der Waals surface area contributed by atoms with Gasteiger partial charge in [0.1, 0.15) is 5.82 Å². The molecule has 0 atom stereocenters. The van der Waals surface area contributed by atoms with E-state index in [1.54, 1.807) is 6.20 Å². The Kier molecular flexibility index (Phi) is 10.7. The number of anilines is 4. The number of halogens is 1. The molecule has 1 fully saturated rings. The van der Waals surface area contributed by atoms with Gasteiger partial charge >= 0.3 is 5.97 Å². The van der Waals surface area contributed by atoms with Crippen LogP contribution in [-0.2, 0) is 14.3 Å². The second-order valence-electron chi connectivity index (χ2n) is 8.78. The first kappa shape index (κ1) is 26.9. The van der Waals surface area contributed by atoms with E-state index < -0.39 is 0 Å². The molecule has 10 heteroatoms. The van der Waals surface area contributed by atoms with Crippen LogP contribution in [0.2, 0.25) is 0 Å². The molecule has 0 radical (unpaired) electrons. The number of rotatable bonds is 12. The second-order valence-corrected chi connectivity index (χ2v) is 9.64. The summed E-state index contributed by atoms with van der Waals surface area (Å²) in [4.78, 5) is 32.2. The normalized spacial score (nSPS) is 17.5. The van der Waals surface area contributed by atoms with E-state index >= 15 is 0 Å². The zero-order valence-electron chi connectivity index (χ0n) is 20.1. The van der Waals surface area contributed by atoms with Crippen molar-refractivity contribution in [3.05, 3.63) is 34.9 Å². The van der Waals surface area contributed by atoms with E-state index in [0.717, 1.165) is 73.0 Å². The van der Waals surface area contributed by atoms with Gasteiger partial charge in [-0.15, -0.1) is 0 Å². The summed E-state index contributed by atoms with van der Waals surface area (Å²) in [5.41, 5.74) is 1.53. The number of esters is 1. The van der Waals surface area contributed by atoms with Crippen molar-refractivity contribution >= 4 is 50.9 Å². The number of hydrogen-bond acceptors (Lipinski definition) is 8. The summed E-state index contributed by atoms with van der Waals surface area (Å²) < 4.78 is 5.41. The molecule has 1 saturated carbocycles. The lowest BCUT2D eigenvalue weighted by atomic mass is 9.93. The van der Waals surface area contributed by atoms with Crippen LogP contribution in [0, 0.1) is 0 Å². The van der Waals surface area contributed by atoms with Crippen LogP contribution in [0.15, 0.2) is 34.9 Å². The van der Waals surface area contributed by atoms with Gasteiger partial charge in [-0.25, -0.2) is 4.98 Å². The number of aliphatic hydroxyl groups is 1. The van der Waals surface area contributed by atoms with E-state index in [2.05, 4.69) is 46.6 Å². The molecule has 2 aromatic rings. The molecule has 0 aliphatic heterocycles. The van der Waals surface area contributed by atoms with Crippen molar-refractivity contribution in [3.8, 4) is 0 Å². The van der Waals surface area contributed by atoms with Crippen LogP contribution >= 0.6 is 15.9 Å². The van der Waals surface area contributed by atoms with Crippen LogP contribution in [0.3, 0.4) is 0 Å². The molecule has 1 aliphatic carbocycles. The number of benzene rings is 1. The highest BCUT2D eigenvalue weighted by Gasteiger charge is 2.20. The molecule has 3 rings (SSSR count). The molecule has 9 nitrogen and oxygen atoms in total. The molecule has 190 valence electrons. The summed E-state index contributed by atoms with van der Waals surface area (Å²) in [7, 11) is 1.39. The first-order valence-electron chi connectivity index (χ1n) is 12.1. The Morgan fingerprint density at radius 1 is 1.03 bits per heavy atom. The van der Waals surface area contributed by atoms with Crippen molar-refractivity contribution in [2.45, 2.75) is 76.4 Å². The van der Waals surface area contributed by atoms with Crippen LogP contribution in [0.5, 0.6) is 0 Å². The van der Waals surface area contributed by atoms with E-state index in [1.807, 2.05) is 24.3 Å². The fraction of sp³-hybridized carbons (Fsp3) is 0.520. The Bertz CT molecular complexity index is 965. The van der Waals surface area contributed by atoms with Gasteiger partial charge < -0.3 is 25.8 Å². The van der Waals surface area contributed by atoms with Gasteiger partial charge in [-0.1, -0.05) is 12.8 Å². The average molecular weight is 548 g/mol. The summed E-state index contributed by atoms with van der Waals surface area (Å²) in [5, 5.41) is 19.3. The standard InChI is InChI=1S/C25H34BrN5O4/c1-35-23(34)7-5-3-2-4-6-22(33)28-17-8-10-19(11-9-17)30-25-27-16-21(26)24(31-25)29-18-12-14-20(32)15-13-18/h8-11,16,18,20,32H,2-7,12-15H2,1H3,(H,28,33)(H2,27,29,30,31). The minimum atomic E-state index is -0.198. The van der Waals surface area contributed by atoms with Crippen LogP contribution < -0.4 is 16.0 Å². The molecule has 1 amide bonds. The van der Waals surface area contributed by atoms with Gasteiger partial charge in [-0.3, -0.25) is 9.59 Å². The number of methoxy groups -OCH3 is 1. The molecule has 4 N–H and O–H groups in total. The average Bonchev–Trinajstić information content (AvgIpc) is 2.85. The fourth-order valence-corrected chi connectivity index (χ4v) is 4.25. The summed E-state index contributed by atoms with van der Waals surface area (Å²) in [6.07, 6.45) is 9.16. The third-order valence-electron chi connectivity index (χ3n) is 5.97. The minimum absolute atomic E-state index is 0.0270. The monoisotopic (exact) mass is 547 g/mol. The molecule has 1 aromatic carbocycles. The van der Waals surface area contributed by atoms with Crippen LogP contribution in [0.25, 0.3) is 0 Å². The van der Waals surface area contributed by atoms with Crippen LogP contribution in [-0.4, -0.2) is 46.2 Å². The number of carbonyl (C=O) groups excluding carboxylic acids is 2. The number of aromatic nitrogens is 2. The molecule has 1 aromatic heterocycles. The zero-order chi connectivity index (χ0) is 25.0. The molecule has 0 unspecified atom stereocenters. The number of hydrogen-bond donors (Lipinski definition) is 4. The smallest absolute Gasteiger partial charge is 0.305 e. The molecular weight excluding hydrogens is 514 g/mol. The van der Waals surface area contributed by atoms with Crippen molar-refractivity contribution in [2.24, 2.45) is 0 Å². The van der Waals surface area contributed by atoms with Gasteiger partial charge in [-0.05, 0) is 78.7 Å². The van der Waals surface area contributed by atoms with Gasteiger partial charge in [0, 0.05) is 36.5 Å². The number of ether oxygens (including phenoxy) is 1. The van der Waals surface area contributed by atoms with Gasteiger partial charge in [-0.2, -0.15) is 4.98 Å². The minimum Gasteiger partial charge on any atom is -0.469 e.